The first kappa shape index (κ1) is 11.8. The number of aliphatic hydroxyl groups excluding tert-OH is 1. The minimum absolute atomic E-state index is 0.115. The van der Waals surface area contributed by atoms with Gasteiger partial charge in [-0.1, -0.05) is 0 Å². The molecule has 1 aliphatic heterocycles. The number of rotatable bonds is 2. The van der Waals surface area contributed by atoms with E-state index in [1.54, 1.807) is 18.1 Å². The summed E-state index contributed by atoms with van der Waals surface area (Å²) >= 11 is 0. The maximum absolute atomic E-state index is 13.4. The third-order valence-corrected chi connectivity index (χ3v) is 2.92. The average molecular weight is 243 g/mol. The number of aliphatic hydroxyl groups is 1. The first-order valence-corrected chi connectivity index (χ1v) is 5.22. The Morgan fingerprint density at radius 1 is 1.24 bits per heavy atom. The third-order valence-electron chi connectivity index (χ3n) is 2.92. The van der Waals surface area contributed by atoms with Gasteiger partial charge in [-0.3, -0.25) is 0 Å². The highest BCUT2D eigenvalue weighted by Crippen LogP contribution is 2.23. The van der Waals surface area contributed by atoms with Crippen LogP contribution in [0.15, 0.2) is 24.1 Å². The van der Waals surface area contributed by atoms with Crippen LogP contribution in [0.25, 0.3) is 0 Å². The van der Waals surface area contributed by atoms with Crippen LogP contribution in [0.3, 0.4) is 0 Å². The monoisotopic (exact) mass is 243 g/mol. The number of nitrogens with zero attached hydrogens (tertiary/aromatic N) is 1. The second-order valence-corrected chi connectivity index (χ2v) is 4.21. The van der Waals surface area contributed by atoms with Gasteiger partial charge >= 0.3 is 0 Å². The highest BCUT2D eigenvalue weighted by Gasteiger charge is 2.23. The van der Waals surface area contributed by atoms with Gasteiger partial charge in [0.2, 0.25) is 0 Å². The standard InChI is InChI=1S/C12H12F3NO/c1-16-6-9(17)4-8(16)2-7-3-11(14)12(15)5-10(7)13/h3,5-6,8,17H,2,4H2,1H3. The molecular formula is C12H12F3NO. The molecule has 1 atom stereocenters. The maximum atomic E-state index is 13.4. The molecule has 1 aromatic carbocycles. The van der Waals surface area contributed by atoms with Gasteiger partial charge in [0, 0.05) is 31.8 Å². The number of benzene rings is 1. The van der Waals surface area contributed by atoms with E-state index in [4.69, 9.17) is 0 Å². The van der Waals surface area contributed by atoms with Gasteiger partial charge in [-0.25, -0.2) is 13.2 Å². The summed E-state index contributed by atoms with van der Waals surface area (Å²) < 4.78 is 39.1. The summed E-state index contributed by atoms with van der Waals surface area (Å²) in [5.74, 6) is -2.80. The molecule has 2 rings (SSSR count). The largest absolute Gasteiger partial charge is 0.511 e. The molecule has 0 saturated carbocycles. The summed E-state index contributed by atoms with van der Waals surface area (Å²) in [6, 6.07) is 1.29. The van der Waals surface area contributed by atoms with Crippen molar-refractivity contribution in [3.05, 3.63) is 47.1 Å². The molecule has 1 heterocycles. The molecule has 92 valence electrons. The summed E-state index contributed by atoms with van der Waals surface area (Å²) in [5, 5.41) is 9.31. The number of hydrogen-bond donors (Lipinski definition) is 1. The van der Waals surface area contributed by atoms with Gasteiger partial charge < -0.3 is 10.0 Å². The van der Waals surface area contributed by atoms with Crippen LogP contribution in [0.4, 0.5) is 13.2 Å². The number of likely N-dealkylation sites (N-methyl/N-ethyl adjacent to an activating group) is 1. The van der Waals surface area contributed by atoms with Gasteiger partial charge in [0.05, 0.1) is 0 Å². The van der Waals surface area contributed by atoms with Crippen LogP contribution in [0.2, 0.25) is 0 Å². The van der Waals surface area contributed by atoms with Crippen molar-refractivity contribution in [2.45, 2.75) is 18.9 Å². The molecule has 0 bridgehead atoms. The maximum Gasteiger partial charge on any atom is 0.161 e. The van der Waals surface area contributed by atoms with Crippen LogP contribution in [0, 0.1) is 17.5 Å². The fourth-order valence-corrected chi connectivity index (χ4v) is 1.97. The predicted molar refractivity (Wildman–Crippen MR) is 56.9 cm³/mol. The number of halogens is 3. The quantitative estimate of drug-likeness (QED) is 0.807. The highest BCUT2D eigenvalue weighted by molar-refractivity contribution is 5.22. The zero-order valence-corrected chi connectivity index (χ0v) is 9.25. The molecule has 0 spiro atoms. The van der Waals surface area contributed by atoms with Gasteiger partial charge in [-0.2, -0.15) is 0 Å². The van der Waals surface area contributed by atoms with Crippen LogP contribution < -0.4 is 0 Å². The van der Waals surface area contributed by atoms with Crippen LogP contribution in [0.1, 0.15) is 12.0 Å². The van der Waals surface area contributed by atoms with E-state index in [1.165, 1.54) is 0 Å². The van der Waals surface area contributed by atoms with Gasteiger partial charge in [0.25, 0.3) is 0 Å². The van der Waals surface area contributed by atoms with Crippen LogP contribution in [-0.4, -0.2) is 23.1 Å². The zero-order chi connectivity index (χ0) is 12.6. The lowest BCUT2D eigenvalue weighted by atomic mass is 10.0. The van der Waals surface area contributed by atoms with E-state index in [9.17, 15) is 18.3 Å². The summed E-state index contributed by atoms with van der Waals surface area (Å²) in [4.78, 5) is 1.73. The Hall–Kier alpha value is -1.65. The van der Waals surface area contributed by atoms with Crippen LogP contribution in [0.5, 0.6) is 0 Å². The van der Waals surface area contributed by atoms with Crippen molar-refractivity contribution < 1.29 is 18.3 Å². The molecule has 0 amide bonds. The number of hydrogen-bond acceptors (Lipinski definition) is 2. The van der Waals surface area contributed by atoms with Gasteiger partial charge in [-0.15, -0.1) is 0 Å². The SMILES string of the molecule is CN1C=C(O)CC1Cc1cc(F)c(F)cc1F. The lowest BCUT2D eigenvalue weighted by Crippen LogP contribution is -2.25. The van der Waals surface area contributed by atoms with Crippen molar-refractivity contribution in [1.82, 2.24) is 4.90 Å². The fraction of sp³-hybridized carbons (Fsp3) is 0.333. The van der Waals surface area contributed by atoms with E-state index in [0.29, 0.717) is 12.5 Å². The van der Waals surface area contributed by atoms with Crippen molar-refractivity contribution in [1.29, 1.82) is 0 Å². The molecule has 0 fully saturated rings. The molecule has 0 saturated heterocycles. The Balaban J connectivity index is 2.17. The minimum Gasteiger partial charge on any atom is -0.511 e. The Kier molecular flexibility index (Phi) is 3.00. The summed E-state index contributed by atoms with van der Waals surface area (Å²) in [5.41, 5.74) is 0.115. The predicted octanol–water partition coefficient (Wildman–Crippen LogP) is 2.75. The van der Waals surface area contributed by atoms with Gasteiger partial charge in [0.15, 0.2) is 11.6 Å². The molecule has 17 heavy (non-hydrogen) atoms. The van der Waals surface area contributed by atoms with Crippen molar-refractivity contribution in [3.8, 4) is 0 Å². The topological polar surface area (TPSA) is 23.5 Å². The fourth-order valence-electron chi connectivity index (χ4n) is 1.97. The van der Waals surface area contributed by atoms with Crippen molar-refractivity contribution in [3.63, 3.8) is 0 Å². The van der Waals surface area contributed by atoms with Crippen LogP contribution in [-0.2, 0) is 6.42 Å². The molecular weight excluding hydrogens is 231 g/mol. The molecule has 1 N–H and O–H groups in total. The van der Waals surface area contributed by atoms with Crippen molar-refractivity contribution in [2.24, 2.45) is 0 Å². The van der Waals surface area contributed by atoms with E-state index in [0.717, 1.165) is 6.07 Å². The molecule has 5 heteroatoms. The summed E-state index contributed by atoms with van der Waals surface area (Å²) in [6.07, 6.45) is 2.15. The summed E-state index contributed by atoms with van der Waals surface area (Å²) in [6.45, 7) is 0. The Morgan fingerprint density at radius 2 is 1.88 bits per heavy atom. The lowest BCUT2D eigenvalue weighted by molar-refractivity contribution is 0.336. The second kappa shape index (κ2) is 4.31. The third kappa shape index (κ3) is 2.38. The smallest absolute Gasteiger partial charge is 0.161 e. The van der Waals surface area contributed by atoms with Crippen molar-refractivity contribution in [2.75, 3.05) is 7.05 Å². The Morgan fingerprint density at radius 3 is 2.47 bits per heavy atom. The first-order chi connectivity index (χ1) is 7.97. The van der Waals surface area contributed by atoms with E-state index >= 15 is 0 Å². The average Bonchev–Trinajstić information content (AvgIpc) is 2.54. The van der Waals surface area contributed by atoms with Gasteiger partial charge in [-0.05, 0) is 18.1 Å². The summed E-state index contributed by atoms with van der Waals surface area (Å²) in [7, 11) is 1.74. The minimum atomic E-state index is -1.19. The second-order valence-electron chi connectivity index (χ2n) is 4.21. The zero-order valence-electron chi connectivity index (χ0n) is 9.25. The van der Waals surface area contributed by atoms with E-state index in [-0.39, 0.29) is 23.8 Å². The normalized spacial score (nSPS) is 19.6. The Bertz CT molecular complexity index is 473. The first-order valence-electron chi connectivity index (χ1n) is 5.22. The molecule has 1 aliphatic rings. The van der Waals surface area contributed by atoms with E-state index < -0.39 is 17.5 Å². The lowest BCUT2D eigenvalue weighted by Gasteiger charge is -2.20. The van der Waals surface area contributed by atoms with Gasteiger partial charge in [0.1, 0.15) is 11.6 Å². The van der Waals surface area contributed by atoms with Crippen molar-refractivity contribution >= 4 is 0 Å². The molecule has 2 nitrogen and oxygen atoms in total. The molecule has 0 aliphatic carbocycles. The van der Waals surface area contributed by atoms with Crippen LogP contribution >= 0.6 is 0 Å². The molecule has 0 radical (unpaired) electrons. The van der Waals surface area contributed by atoms with E-state index in [1.807, 2.05) is 0 Å². The highest BCUT2D eigenvalue weighted by atomic mass is 19.2. The molecule has 1 unspecified atom stereocenters. The molecule has 1 aromatic rings. The molecule has 0 aromatic heterocycles. The Labute approximate surface area is 97.0 Å². The van der Waals surface area contributed by atoms with E-state index in [2.05, 4.69) is 0 Å².